The number of rotatable bonds is 3. The molecule has 0 bridgehead atoms. The predicted octanol–water partition coefficient (Wildman–Crippen LogP) is 3.49. The Kier molecular flexibility index (Phi) is 4.15. The molecule has 0 aliphatic heterocycles. The Bertz CT molecular complexity index is 656. The van der Waals surface area contributed by atoms with Crippen molar-refractivity contribution in [1.29, 1.82) is 0 Å². The molecule has 0 radical (unpaired) electrons. The van der Waals surface area contributed by atoms with Gasteiger partial charge in [0.05, 0.1) is 17.7 Å². The normalized spacial score (nSPS) is 10.2. The summed E-state index contributed by atoms with van der Waals surface area (Å²) in [4.78, 5) is 12.1. The minimum absolute atomic E-state index is 0.278. The van der Waals surface area contributed by atoms with E-state index in [1.54, 1.807) is 37.4 Å². The highest BCUT2D eigenvalue weighted by atomic mass is 35.5. The number of nitrogens with two attached hydrogens (primary N) is 1. The molecule has 0 heterocycles. The Morgan fingerprint density at radius 1 is 1.25 bits per heavy atom. The maximum atomic E-state index is 12.1. The minimum Gasteiger partial charge on any atom is -0.496 e. The Labute approximate surface area is 122 Å². The summed E-state index contributed by atoms with van der Waals surface area (Å²) < 4.78 is 5.17. The SMILES string of the molecule is COc1ccc(NC(=O)c2ccc(N)cc2Cl)cc1C. The summed E-state index contributed by atoms with van der Waals surface area (Å²) in [5, 5.41) is 3.12. The Balaban J connectivity index is 2.21. The molecule has 0 fully saturated rings. The molecule has 2 rings (SSSR count). The lowest BCUT2D eigenvalue weighted by Crippen LogP contribution is -2.12. The fourth-order valence-corrected chi connectivity index (χ4v) is 2.14. The second kappa shape index (κ2) is 5.84. The number of carbonyl (C=O) groups is 1. The third kappa shape index (κ3) is 3.03. The van der Waals surface area contributed by atoms with E-state index in [0.717, 1.165) is 11.3 Å². The number of nitrogens with one attached hydrogen (secondary N) is 1. The number of hydrogen-bond donors (Lipinski definition) is 2. The van der Waals surface area contributed by atoms with Crippen molar-refractivity contribution in [3.05, 3.63) is 52.5 Å². The first-order valence-electron chi connectivity index (χ1n) is 6.02. The lowest BCUT2D eigenvalue weighted by atomic mass is 10.1. The van der Waals surface area contributed by atoms with Crippen LogP contribution in [0.3, 0.4) is 0 Å². The smallest absolute Gasteiger partial charge is 0.257 e. The van der Waals surface area contributed by atoms with Crippen LogP contribution in [-0.2, 0) is 0 Å². The maximum Gasteiger partial charge on any atom is 0.257 e. The first kappa shape index (κ1) is 14.2. The monoisotopic (exact) mass is 290 g/mol. The highest BCUT2D eigenvalue weighted by Crippen LogP contribution is 2.24. The largest absolute Gasteiger partial charge is 0.496 e. The van der Waals surface area contributed by atoms with Gasteiger partial charge in [-0.3, -0.25) is 4.79 Å². The van der Waals surface area contributed by atoms with Crippen molar-refractivity contribution in [1.82, 2.24) is 0 Å². The van der Waals surface area contributed by atoms with Crippen LogP contribution in [0.4, 0.5) is 11.4 Å². The molecule has 0 spiro atoms. The quantitative estimate of drug-likeness (QED) is 0.851. The van der Waals surface area contributed by atoms with Crippen molar-refractivity contribution in [2.24, 2.45) is 0 Å². The van der Waals surface area contributed by atoms with Gasteiger partial charge in [-0.05, 0) is 48.9 Å². The highest BCUT2D eigenvalue weighted by molar-refractivity contribution is 6.34. The number of ether oxygens (including phenoxy) is 1. The first-order chi connectivity index (χ1) is 9.51. The van der Waals surface area contributed by atoms with Gasteiger partial charge in [-0.2, -0.15) is 0 Å². The first-order valence-corrected chi connectivity index (χ1v) is 6.40. The van der Waals surface area contributed by atoms with Crippen LogP contribution in [0.15, 0.2) is 36.4 Å². The van der Waals surface area contributed by atoms with Gasteiger partial charge in [0.15, 0.2) is 0 Å². The number of halogens is 1. The van der Waals surface area contributed by atoms with E-state index in [9.17, 15) is 4.79 Å². The predicted molar refractivity (Wildman–Crippen MR) is 81.5 cm³/mol. The van der Waals surface area contributed by atoms with Gasteiger partial charge in [0.1, 0.15) is 5.75 Å². The van der Waals surface area contributed by atoms with Crippen molar-refractivity contribution in [3.63, 3.8) is 0 Å². The van der Waals surface area contributed by atoms with Gasteiger partial charge in [0.2, 0.25) is 0 Å². The van der Waals surface area contributed by atoms with Gasteiger partial charge < -0.3 is 15.8 Å². The number of anilines is 2. The van der Waals surface area contributed by atoms with E-state index < -0.39 is 0 Å². The Hall–Kier alpha value is -2.20. The molecule has 0 saturated heterocycles. The summed E-state index contributed by atoms with van der Waals surface area (Å²) in [6.45, 7) is 1.91. The van der Waals surface area contributed by atoms with Crippen LogP contribution in [0.5, 0.6) is 5.75 Å². The summed E-state index contributed by atoms with van der Waals surface area (Å²) in [5.74, 6) is 0.494. The zero-order chi connectivity index (χ0) is 14.7. The topological polar surface area (TPSA) is 64.3 Å². The molecule has 0 aliphatic carbocycles. The van der Waals surface area contributed by atoms with Crippen LogP contribution in [0.2, 0.25) is 5.02 Å². The molecule has 0 atom stereocenters. The fourth-order valence-electron chi connectivity index (χ4n) is 1.87. The molecule has 2 aromatic rings. The van der Waals surface area contributed by atoms with Gasteiger partial charge in [0.25, 0.3) is 5.91 Å². The van der Waals surface area contributed by atoms with Crippen molar-refractivity contribution in [2.45, 2.75) is 6.92 Å². The van der Waals surface area contributed by atoms with E-state index in [2.05, 4.69) is 5.32 Å². The number of nitrogen functional groups attached to an aromatic ring is 1. The second-order valence-corrected chi connectivity index (χ2v) is 4.79. The van der Waals surface area contributed by atoms with Crippen molar-refractivity contribution < 1.29 is 9.53 Å². The van der Waals surface area contributed by atoms with Crippen LogP contribution >= 0.6 is 11.6 Å². The molecular weight excluding hydrogens is 276 g/mol. The average Bonchev–Trinajstić information content (AvgIpc) is 2.38. The number of hydrogen-bond acceptors (Lipinski definition) is 3. The molecule has 104 valence electrons. The van der Waals surface area contributed by atoms with E-state index in [-0.39, 0.29) is 5.91 Å². The third-order valence-corrected chi connectivity index (χ3v) is 3.20. The molecule has 20 heavy (non-hydrogen) atoms. The average molecular weight is 291 g/mol. The Morgan fingerprint density at radius 2 is 2.00 bits per heavy atom. The number of carbonyl (C=O) groups excluding carboxylic acids is 1. The molecule has 0 aliphatic rings. The summed E-state index contributed by atoms with van der Waals surface area (Å²) in [5.41, 5.74) is 8.13. The molecule has 3 N–H and O–H groups in total. The number of benzene rings is 2. The van der Waals surface area contributed by atoms with Gasteiger partial charge in [-0.15, -0.1) is 0 Å². The van der Waals surface area contributed by atoms with Gasteiger partial charge in [-0.1, -0.05) is 11.6 Å². The van der Waals surface area contributed by atoms with Crippen LogP contribution < -0.4 is 15.8 Å². The van der Waals surface area contributed by atoms with Gasteiger partial charge in [0, 0.05) is 11.4 Å². The molecule has 0 unspecified atom stereocenters. The van der Waals surface area contributed by atoms with Crippen LogP contribution in [0.1, 0.15) is 15.9 Å². The summed E-state index contributed by atoms with van der Waals surface area (Å²) >= 11 is 6.01. The van der Waals surface area contributed by atoms with Crippen molar-refractivity contribution >= 4 is 28.9 Å². The fraction of sp³-hybridized carbons (Fsp3) is 0.133. The van der Waals surface area contributed by atoms with Gasteiger partial charge in [-0.25, -0.2) is 0 Å². The van der Waals surface area contributed by atoms with E-state index in [0.29, 0.717) is 22.0 Å². The van der Waals surface area contributed by atoms with E-state index in [4.69, 9.17) is 22.1 Å². The standard InChI is InChI=1S/C15H15ClN2O2/c1-9-7-11(4-6-14(9)20-2)18-15(19)12-5-3-10(17)8-13(12)16/h3-8H,17H2,1-2H3,(H,18,19). The summed E-state index contributed by atoms with van der Waals surface area (Å²) in [7, 11) is 1.61. The lowest BCUT2D eigenvalue weighted by Gasteiger charge is -2.10. The van der Waals surface area contributed by atoms with E-state index in [1.807, 2.05) is 13.0 Å². The van der Waals surface area contributed by atoms with E-state index in [1.165, 1.54) is 0 Å². The molecule has 2 aromatic carbocycles. The molecule has 0 saturated carbocycles. The molecule has 4 nitrogen and oxygen atoms in total. The minimum atomic E-state index is -0.278. The number of amides is 1. The molecule has 1 amide bonds. The summed E-state index contributed by atoms with van der Waals surface area (Å²) in [6.07, 6.45) is 0. The second-order valence-electron chi connectivity index (χ2n) is 4.38. The third-order valence-electron chi connectivity index (χ3n) is 2.89. The Morgan fingerprint density at radius 3 is 2.60 bits per heavy atom. The van der Waals surface area contributed by atoms with Crippen molar-refractivity contribution in [2.75, 3.05) is 18.2 Å². The van der Waals surface area contributed by atoms with Crippen molar-refractivity contribution in [3.8, 4) is 5.75 Å². The van der Waals surface area contributed by atoms with E-state index >= 15 is 0 Å². The molecule has 5 heteroatoms. The van der Waals surface area contributed by atoms with Crippen LogP contribution in [-0.4, -0.2) is 13.0 Å². The maximum absolute atomic E-state index is 12.1. The van der Waals surface area contributed by atoms with Crippen LogP contribution in [0, 0.1) is 6.92 Å². The molecular formula is C15H15ClN2O2. The zero-order valence-corrected chi connectivity index (χ0v) is 12.0. The lowest BCUT2D eigenvalue weighted by molar-refractivity contribution is 0.102. The van der Waals surface area contributed by atoms with Crippen LogP contribution in [0.25, 0.3) is 0 Å². The van der Waals surface area contributed by atoms with Gasteiger partial charge >= 0.3 is 0 Å². The summed E-state index contributed by atoms with van der Waals surface area (Å²) in [6, 6.07) is 10.2. The number of methoxy groups -OCH3 is 1. The molecule has 0 aromatic heterocycles. The number of aryl methyl sites for hydroxylation is 1. The zero-order valence-electron chi connectivity index (χ0n) is 11.2. The highest BCUT2D eigenvalue weighted by Gasteiger charge is 2.11.